The zero-order chi connectivity index (χ0) is 9.28. The van der Waals surface area contributed by atoms with Gasteiger partial charge >= 0.3 is 0 Å². The minimum atomic E-state index is -3.80. The minimum Gasteiger partial charge on any atom is -0.285 e. The molecule has 1 atom stereocenters. The lowest BCUT2D eigenvalue weighted by Crippen LogP contribution is -2.29. The number of hydrogen-bond donors (Lipinski definition) is 1. The third-order valence-electron chi connectivity index (χ3n) is 1.41. The zero-order valence-electron chi connectivity index (χ0n) is 7.46. The van der Waals surface area contributed by atoms with Gasteiger partial charge in [0.15, 0.2) is 0 Å². The van der Waals surface area contributed by atoms with Crippen molar-refractivity contribution in [2.24, 2.45) is 0 Å². The van der Waals surface area contributed by atoms with E-state index >= 15 is 0 Å². The maximum absolute atomic E-state index is 10.6. The third-order valence-corrected chi connectivity index (χ3v) is 4.72. The van der Waals surface area contributed by atoms with Crippen LogP contribution in [-0.4, -0.2) is 26.3 Å². The van der Waals surface area contributed by atoms with Crippen LogP contribution >= 0.6 is 0 Å². The average molecular weight is 196 g/mol. The van der Waals surface area contributed by atoms with Gasteiger partial charge in [0.25, 0.3) is 10.1 Å². The van der Waals surface area contributed by atoms with Crippen LogP contribution in [0.2, 0.25) is 25.7 Å². The van der Waals surface area contributed by atoms with E-state index in [2.05, 4.69) is 19.6 Å². The Morgan fingerprint density at radius 1 is 1.36 bits per heavy atom. The molecule has 0 aliphatic rings. The van der Waals surface area contributed by atoms with Gasteiger partial charge in [-0.3, -0.25) is 4.55 Å². The topological polar surface area (TPSA) is 54.4 Å². The van der Waals surface area contributed by atoms with E-state index in [0.29, 0.717) is 6.04 Å². The molecule has 0 aromatic carbocycles. The highest BCUT2D eigenvalue weighted by atomic mass is 32.2. The van der Waals surface area contributed by atoms with Crippen molar-refractivity contribution in [2.45, 2.75) is 37.9 Å². The second-order valence-electron chi connectivity index (χ2n) is 4.09. The molecule has 0 saturated heterocycles. The van der Waals surface area contributed by atoms with Gasteiger partial charge < -0.3 is 0 Å². The summed E-state index contributed by atoms with van der Waals surface area (Å²) < 4.78 is 29.8. The van der Waals surface area contributed by atoms with Gasteiger partial charge in [-0.05, 0) is 13.0 Å². The summed E-state index contributed by atoms with van der Waals surface area (Å²) in [5, 5.41) is -0.603. The van der Waals surface area contributed by atoms with E-state index in [1.165, 1.54) is 0 Å². The van der Waals surface area contributed by atoms with Crippen molar-refractivity contribution in [3.63, 3.8) is 0 Å². The molecule has 3 nitrogen and oxygen atoms in total. The normalized spacial score (nSPS) is 16.5. The van der Waals surface area contributed by atoms with E-state index in [9.17, 15) is 8.42 Å². The van der Waals surface area contributed by atoms with Gasteiger partial charge in [0, 0.05) is 8.07 Å². The molecule has 68 valence electrons. The highest BCUT2D eigenvalue weighted by molar-refractivity contribution is 7.86. The molecular weight excluding hydrogens is 180 g/mol. The van der Waals surface area contributed by atoms with E-state index < -0.39 is 23.4 Å². The van der Waals surface area contributed by atoms with Gasteiger partial charge in [0.2, 0.25) is 0 Å². The fourth-order valence-corrected chi connectivity index (χ4v) is 5.03. The van der Waals surface area contributed by atoms with Crippen molar-refractivity contribution in [1.82, 2.24) is 0 Å². The second-order valence-corrected chi connectivity index (χ2v) is 11.5. The molecule has 0 heterocycles. The monoisotopic (exact) mass is 196 g/mol. The average Bonchev–Trinajstić information content (AvgIpc) is 1.56. The van der Waals surface area contributed by atoms with Crippen molar-refractivity contribution in [2.75, 3.05) is 0 Å². The smallest absolute Gasteiger partial charge is 0.267 e. The first-order valence-corrected chi connectivity index (χ1v) is 8.80. The Morgan fingerprint density at radius 3 is 1.82 bits per heavy atom. The predicted molar refractivity (Wildman–Crippen MR) is 49.2 cm³/mol. The van der Waals surface area contributed by atoms with Gasteiger partial charge in [-0.25, -0.2) is 0 Å². The van der Waals surface area contributed by atoms with Crippen molar-refractivity contribution in [3.8, 4) is 0 Å². The Bertz CT molecular complexity index is 214. The van der Waals surface area contributed by atoms with Crippen LogP contribution < -0.4 is 0 Å². The van der Waals surface area contributed by atoms with E-state index in [0.717, 1.165) is 0 Å². The van der Waals surface area contributed by atoms with Crippen molar-refractivity contribution < 1.29 is 13.0 Å². The molecule has 0 radical (unpaired) electrons. The van der Waals surface area contributed by atoms with Gasteiger partial charge in [0.1, 0.15) is 0 Å². The largest absolute Gasteiger partial charge is 0.285 e. The second kappa shape index (κ2) is 3.24. The molecular formula is C6H16O3SSi. The van der Waals surface area contributed by atoms with Crippen molar-refractivity contribution in [3.05, 3.63) is 0 Å². The van der Waals surface area contributed by atoms with Gasteiger partial charge in [0.05, 0.1) is 5.25 Å². The SMILES string of the molecule is CC(C[Si](C)(C)C)S(=O)(=O)O. The molecule has 11 heavy (non-hydrogen) atoms. The fraction of sp³-hybridized carbons (Fsp3) is 1.00. The molecule has 0 spiro atoms. The summed E-state index contributed by atoms with van der Waals surface area (Å²) in [4.78, 5) is 0. The first-order valence-electron chi connectivity index (χ1n) is 3.59. The molecule has 5 heteroatoms. The molecule has 0 aromatic rings. The van der Waals surface area contributed by atoms with Gasteiger partial charge in [-0.2, -0.15) is 8.42 Å². The van der Waals surface area contributed by atoms with Crippen LogP contribution in [0.5, 0.6) is 0 Å². The lowest BCUT2D eigenvalue weighted by Gasteiger charge is -2.18. The maximum atomic E-state index is 10.6. The van der Waals surface area contributed by atoms with Crippen LogP contribution in [0, 0.1) is 0 Å². The molecule has 0 amide bonds. The quantitative estimate of drug-likeness (QED) is 0.551. The van der Waals surface area contributed by atoms with Gasteiger partial charge in [-0.15, -0.1) is 0 Å². The maximum Gasteiger partial charge on any atom is 0.267 e. The summed E-state index contributed by atoms with van der Waals surface area (Å²) in [7, 11) is -5.17. The van der Waals surface area contributed by atoms with Crippen LogP contribution in [0.25, 0.3) is 0 Å². The predicted octanol–water partition coefficient (Wildman–Crippen LogP) is 1.60. The van der Waals surface area contributed by atoms with Crippen LogP contribution in [0.3, 0.4) is 0 Å². The van der Waals surface area contributed by atoms with Crippen LogP contribution in [0.15, 0.2) is 0 Å². The molecule has 1 unspecified atom stereocenters. The molecule has 1 N–H and O–H groups in total. The standard InChI is InChI=1S/C6H16O3SSi/c1-6(10(7,8)9)5-11(2,3)4/h6H,5H2,1-4H3,(H,7,8,9). The summed E-state index contributed by atoms with van der Waals surface area (Å²) >= 11 is 0. The first kappa shape index (κ1) is 11.1. The fourth-order valence-electron chi connectivity index (χ4n) is 0.968. The third kappa shape index (κ3) is 5.40. The van der Waals surface area contributed by atoms with E-state index in [-0.39, 0.29) is 0 Å². The Labute approximate surface area is 69.6 Å². The molecule has 0 aliphatic heterocycles. The Kier molecular flexibility index (Phi) is 3.28. The number of hydrogen-bond acceptors (Lipinski definition) is 2. The summed E-state index contributed by atoms with van der Waals surface area (Å²) in [6.45, 7) is 7.78. The Morgan fingerprint density at radius 2 is 1.73 bits per heavy atom. The van der Waals surface area contributed by atoms with Crippen LogP contribution in [0.1, 0.15) is 6.92 Å². The number of rotatable bonds is 3. The molecule has 0 rings (SSSR count). The Hall–Kier alpha value is 0.127. The lowest BCUT2D eigenvalue weighted by molar-refractivity contribution is 0.473. The molecule has 0 aromatic heterocycles. The summed E-state index contributed by atoms with van der Waals surface area (Å²) in [6, 6.07) is 0.617. The highest BCUT2D eigenvalue weighted by Gasteiger charge is 2.24. The summed E-state index contributed by atoms with van der Waals surface area (Å²) in [5.41, 5.74) is 0. The molecule has 0 saturated carbocycles. The van der Waals surface area contributed by atoms with E-state index in [4.69, 9.17) is 4.55 Å². The Balaban J connectivity index is 4.22. The zero-order valence-corrected chi connectivity index (χ0v) is 9.27. The van der Waals surface area contributed by atoms with Crippen molar-refractivity contribution >= 4 is 18.2 Å². The van der Waals surface area contributed by atoms with Crippen molar-refractivity contribution in [1.29, 1.82) is 0 Å². The minimum absolute atomic E-state index is 0.603. The first-order chi connectivity index (χ1) is 4.63. The molecule has 0 fully saturated rings. The lowest BCUT2D eigenvalue weighted by atomic mass is 10.6. The highest BCUT2D eigenvalue weighted by Crippen LogP contribution is 2.15. The summed E-state index contributed by atoms with van der Waals surface area (Å²) in [5.74, 6) is 0. The molecule has 0 aliphatic carbocycles. The van der Waals surface area contributed by atoms with E-state index in [1.807, 2.05) is 0 Å². The molecule has 0 bridgehead atoms. The van der Waals surface area contributed by atoms with Gasteiger partial charge in [-0.1, -0.05) is 19.6 Å². The summed E-state index contributed by atoms with van der Waals surface area (Å²) in [6.07, 6.45) is 0. The van der Waals surface area contributed by atoms with Crippen LogP contribution in [0.4, 0.5) is 0 Å². The van der Waals surface area contributed by atoms with Crippen LogP contribution in [-0.2, 0) is 10.1 Å². The van der Waals surface area contributed by atoms with E-state index in [1.54, 1.807) is 6.92 Å².